The topological polar surface area (TPSA) is 12.0 Å². The van der Waals surface area contributed by atoms with Crippen molar-refractivity contribution in [3.63, 3.8) is 0 Å². The van der Waals surface area contributed by atoms with Crippen molar-refractivity contribution in [3.05, 3.63) is 20.8 Å². The van der Waals surface area contributed by atoms with Crippen molar-refractivity contribution in [2.45, 2.75) is 19.5 Å². The highest BCUT2D eigenvalue weighted by Crippen LogP contribution is 2.21. The van der Waals surface area contributed by atoms with E-state index >= 15 is 0 Å². The maximum Gasteiger partial charge on any atom is 0.0701 e. The summed E-state index contributed by atoms with van der Waals surface area (Å²) in [6.45, 7) is 2.82. The van der Waals surface area contributed by atoms with Crippen molar-refractivity contribution < 1.29 is 0 Å². The highest BCUT2D eigenvalue weighted by molar-refractivity contribution is 9.11. The summed E-state index contributed by atoms with van der Waals surface area (Å²) in [6, 6.07) is 4.28. The van der Waals surface area contributed by atoms with Gasteiger partial charge in [0.15, 0.2) is 0 Å². The third-order valence-corrected chi connectivity index (χ3v) is 3.08. The van der Waals surface area contributed by atoms with Crippen molar-refractivity contribution in [2.75, 3.05) is 0 Å². The Hall–Kier alpha value is -0.300. The maximum absolute atomic E-state index is 5.22. The lowest BCUT2D eigenvalue weighted by Gasteiger charge is -2.04. The molecule has 1 aromatic rings. The minimum atomic E-state index is 0.144. The number of thiophene rings is 1. The van der Waals surface area contributed by atoms with Crippen LogP contribution in [0.5, 0.6) is 0 Å². The fourth-order valence-corrected chi connectivity index (χ4v) is 2.19. The van der Waals surface area contributed by atoms with Gasteiger partial charge < -0.3 is 0 Å². The Morgan fingerprint density at radius 2 is 2.50 bits per heavy atom. The van der Waals surface area contributed by atoms with Gasteiger partial charge in [-0.25, -0.2) is 0 Å². The standard InChI is InChI=1S/C9H10BrNS/c1-3-7(2)11-6-8-4-5-9(10)12-8/h1,4-5,7,11H,6H2,2H3. The lowest BCUT2D eigenvalue weighted by atomic mass is 10.3. The molecule has 0 saturated heterocycles. The van der Waals surface area contributed by atoms with Crippen molar-refractivity contribution in [1.29, 1.82) is 0 Å². The molecule has 1 aromatic heterocycles. The molecule has 0 aliphatic heterocycles. The fourth-order valence-electron chi connectivity index (χ4n) is 0.759. The number of rotatable bonds is 3. The molecule has 1 unspecified atom stereocenters. The van der Waals surface area contributed by atoms with Crippen LogP contribution in [0.15, 0.2) is 15.9 Å². The first-order chi connectivity index (χ1) is 5.72. The van der Waals surface area contributed by atoms with Crippen molar-refractivity contribution in [2.24, 2.45) is 0 Å². The average Bonchev–Trinajstić information content (AvgIpc) is 2.47. The van der Waals surface area contributed by atoms with E-state index in [1.54, 1.807) is 11.3 Å². The van der Waals surface area contributed by atoms with E-state index in [1.807, 2.05) is 13.0 Å². The molecule has 1 N–H and O–H groups in total. The number of nitrogens with one attached hydrogen (secondary N) is 1. The lowest BCUT2D eigenvalue weighted by Crippen LogP contribution is -2.22. The van der Waals surface area contributed by atoms with E-state index in [4.69, 9.17) is 6.42 Å². The quantitative estimate of drug-likeness (QED) is 0.806. The summed E-state index contributed by atoms with van der Waals surface area (Å²) < 4.78 is 1.16. The third-order valence-electron chi connectivity index (χ3n) is 1.46. The van der Waals surface area contributed by atoms with Gasteiger partial charge in [-0.3, -0.25) is 5.32 Å². The molecule has 3 heteroatoms. The van der Waals surface area contributed by atoms with Crippen LogP contribution in [-0.2, 0) is 6.54 Å². The lowest BCUT2D eigenvalue weighted by molar-refractivity contribution is 0.654. The van der Waals surface area contributed by atoms with Gasteiger partial charge in [-0.05, 0) is 35.0 Å². The molecule has 0 radical (unpaired) electrons. The summed E-state index contributed by atoms with van der Waals surface area (Å²) >= 11 is 5.13. The normalized spacial score (nSPS) is 12.4. The van der Waals surface area contributed by atoms with E-state index in [9.17, 15) is 0 Å². The van der Waals surface area contributed by atoms with E-state index in [2.05, 4.69) is 33.2 Å². The zero-order valence-electron chi connectivity index (χ0n) is 6.80. The molecule has 0 spiro atoms. The average molecular weight is 244 g/mol. The molecule has 0 fully saturated rings. The van der Waals surface area contributed by atoms with Crippen LogP contribution in [0.2, 0.25) is 0 Å². The van der Waals surface area contributed by atoms with Gasteiger partial charge in [0, 0.05) is 11.4 Å². The van der Waals surface area contributed by atoms with Crippen LogP contribution in [0.1, 0.15) is 11.8 Å². The predicted octanol–water partition coefficient (Wildman–Crippen LogP) is 2.62. The van der Waals surface area contributed by atoms with Crippen LogP contribution in [0.4, 0.5) is 0 Å². The molecule has 0 saturated carbocycles. The number of hydrogen-bond acceptors (Lipinski definition) is 2. The highest BCUT2D eigenvalue weighted by atomic mass is 79.9. The Bertz CT molecular complexity index is 287. The Morgan fingerprint density at radius 1 is 1.75 bits per heavy atom. The molecule has 0 aliphatic carbocycles. The molecular weight excluding hydrogens is 234 g/mol. The van der Waals surface area contributed by atoms with Crippen LogP contribution in [0, 0.1) is 12.3 Å². The Labute approximate surface area is 85.3 Å². The molecule has 0 bridgehead atoms. The first kappa shape index (κ1) is 9.79. The number of terminal acetylenes is 1. The molecule has 64 valence electrons. The number of hydrogen-bond donors (Lipinski definition) is 1. The van der Waals surface area contributed by atoms with Gasteiger partial charge >= 0.3 is 0 Å². The van der Waals surface area contributed by atoms with Crippen LogP contribution in [0.25, 0.3) is 0 Å². The summed E-state index contributed by atoms with van der Waals surface area (Å²) in [5.74, 6) is 2.62. The molecular formula is C9H10BrNS. The van der Waals surface area contributed by atoms with E-state index in [0.717, 1.165) is 10.3 Å². The largest absolute Gasteiger partial charge is 0.299 e. The zero-order valence-corrected chi connectivity index (χ0v) is 9.21. The predicted molar refractivity (Wildman–Crippen MR) is 57.2 cm³/mol. The van der Waals surface area contributed by atoms with Gasteiger partial charge in [0.05, 0.1) is 9.83 Å². The first-order valence-corrected chi connectivity index (χ1v) is 5.27. The molecule has 0 aromatic carbocycles. The van der Waals surface area contributed by atoms with Gasteiger partial charge in [-0.2, -0.15) is 0 Å². The van der Waals surface area contributed by atoms with Gasteiger partial charge in [-0.15, -0.1) is 17.8 Å². The van der Waals surface area contributed by atoms with Crippen LogP contribution in [0.3, 0.4) is 0 Å². The summed E-state index contributed by atoms with van der Waals surface area (Å²) in [6.07, 6.45) is 5.22. The van der Waals surface area contributed by atoms with E-state index in [1.165, 1.54) is 4.88 Å². The van der Waals surface area contributed by atoms with E-state index in [0.29, 0.717) is 0 Å². The third kappa shape index (κ3) is 2.98. The Morgan fingerprint density at radius 3 is 3.00 bits per heavy atom. The van der Waals surface area contributed by atoms with Gasteiger partial charge in [0.2, 0.25) is 0 Å². The second-order valence-corrected chi connectivity index (χ2v) is 5.02. The summed E-state index contributed by atoms with van der Waals surface area (Å²) in [7, 11) is 0. The molecule has 1 rings (SSSR count). The minimum absolute atomic E-state index is 0.144. The zero-order chi connectivity index (χ0) is 8.97. The Balaban J connectivity index is 2.39. The van der Waals surface area contributed by atoms with Crippen LogP contribution < -0.4 is 5.32 Å². The van der Waals surface area contributed by atoms with Gasteiger partial charge in [-0.1, -0.05) is 5.92 Å². The maximum atomic E-state index is 5.22. The van der Waals surface area contributed by atoms with Crippen molar-refractivity contribution in [3.8, 4) is 12.3 Å². The van der Waals surface area contributed by atoms with Gasteiger partial charge in [0.25, 0.3) is 0 Å². The summed E-state index contributed by atoms with van der Waals surface area (Å²) in [5, 5.41) is 3.22. The Kier molecular flexibility index (Phi) is 3.80. The molecule has 0 aliphatic rings. The summed E-state index contributed by atoms with van der Waals surface area (Å²) in [4.78, 5) is 1.30. The smallest absolute Gasteiger partial charge is 0.0701 e. The molecule has 1 nitrogen and oxygen atoms in total. The first-order valence-electron chi connectivity index (χ1n) is 3.66. The molecule has 1 atom stereocenters. The minimum Gasteiger partial charge on any atom is -0.299 e. The second kappa shape index (κ2) is 4.66. The van der Waals surface area contributed by atoms with Crippen molar-refractivity contribution in [1.82, 2.24) is 5.32 Å². The molecule has 12 heavy (non-hydrogen) atoms. The monoisotopic (exact) mass is 243 g/mol. The number of halogens is 1. The van der Waals surface area contributed by atoms with E-state index < -0.39 is 0 Å². The van der Waals surface area contributed by atoms with Crippen LogP contribution in [-0.4, -0.2) is 6.04 Å². The summed E-state index contributed by atoms with van der Waals surface area (Å²) in [5.41, 5.74) is 0. The molecule has 0 amide bonds. The SMILES string of the molecule is C#CC(C)NCc1ccc(Br)s1. The van der Waals surface area contributed by atoms with Crippen molar-refractivity contribution >= 4 is 27.3 Å². The molecule has 1 heterocycles. The van der Waals surface area contributed by atoms with Gasteiger partial charge in [0.1, 0.15) is 0 Å². The van der Waals surface area contributed by atoms with E-state index in [-0.39, 0.29) is 6.04 Å². The second-order valence-electron chi connectivity index (χ2n) is 2.48. The highest BCUT2D eigenvalue weighted by Gasteiger charge is 1.98. The van der Waals surface area contributed by atoms with Crippen LogP contribution >= 0.6 is 27.3 Å². The fraction of sp³-hybridized carbons (Fsp3) is 0.333.